The Kier molecular flexibility index (Phi) is 4.55. The summed E-state index contributed by atoms with van der Waals surface area (Å²) in [5.74, 6) is 1.47. The molecule has 0 fully saturated rings. The molecule has 0 atom stereocenters. The number of aromatic nitrogens is 2. The summed E-state index contributed by atoms with van der Waals surface area (Å²) >= 11 is 0. The Labute approximate surface area is 151 Å². The molecule has 0 aliphatic carbocycles. The van der Waals surface area contributed by atoms with Gasteiger partial charge in [0.05, 0.1) is 6.33 Å². The lowest BCUT2D eigenvalue weighted by Gasteiger charge is -2.07. The van der Waals surface area contributed by atoms with E-state index in [1.807, 2.05) is 53.2 Å². The van der Waals surface area contributed by atoms with Crippen LogP contribution in [0.2, 0.25) is 0 Å². The van der Waals surface area contributed by atoms with Crippen molar-refractivity contribution in [3.05, 3.63) is 77.9 Å². The SMILES string of the molecule is O=C(NCCc1ccc2c(c1)OCO2)c1ccc(Cn2ccnc2)cc1. The lowest BCUT2D eigenvalue weighted by Crippen LogP contribution is -2.25. The van der Waals surface area contributed by atoms with Crippen LogP contribution in [0.4, 0.5) is 0 Å². The number of carbonyl (C=O) groups excluding carboxylic acids is 1. The number of rotatable bonds is 6. The summed E-state index contributed by atoms with van der Waals surface area (Å²) in [6, 6.07) is 13.5. The summed E-state index contributed by atoms with van der Waals surface area (Å²) in [5, 5.41) is 2.95. The fraction of sp³-hybridized carbons (Fsp3) is 0.200. The molecule has 6 heteroatoms. The van der Waals surface area contributed by atoms with Crippen molar-refractivity contribution in [1.29, 1.82) is 0 Å². The van der Waals surface area contributed by atoms with Crippen LogP contribution in [0.5, 0.6) is 11.5 Å². The fourth-order valence-electron chi connectivity index (χ4n) is 2.87. The number of carbonyl (C=O) groups is 1. The fourth-order valence-corrected chi connectivity index (χ4v) is 2.87. The molecule has 0 bridgehead atoms. The number of ether oxygens (including phenoxy) is 2. The minimum atomic E-state index is -0.0695. The molecule has 2 aromatic carbocycles. The molecule has 0 saturated carbocycles. The number of hydrogen-bond donors (Lipinski definition) is 1. The zero-order chi connectivity index (χ0) is 17.8. The van der Waals surface area contributed by atoms with Crippen molar-refractivity contribution in [1.82, 2.24) is 14.9 Å². The minimum absolute atomic E-state index is 0.0695. The number of hydrogen-bond acceptors (Lipinski definition) is 4. The molecule has 132 valence electrons. The van der Waals surface area contributed by atoms with Crippen molar-refractivity contribution < 1.29 is 14.3 Å². The van der Waals surface area contributed by atoms with E-state index in [0.29, 0.717) is 12.1 Å². The van der Waals surface area contributed by atoms with Gasteiger partial charge in [0.1, 0.15) is 0 Å². The molecule has 3 aromatic rings. The van der Waals surface area contributed by atoms with E-state index in [2.05, 4.69) is 10.3 Å². The third-order valence-electron chi connectivity index (χ3n) is 4.28. The van der Waals surface area contributed by atoms with Gasteiger partial charge in [0, 0.05) is 31.0 Å². The quantitative estimate of drug-likeness (QED) is 0.743. The van der Waals surface area contributed by atoms with Crippen LogP contribution in [0.15, 0.2) is 61.2 Å². The van der Waals surface area contributed by atoms with Crippen molar-refractivity contribution >= 4 is 5.91 Å². The maximum absolute atomic E-state index is 12.3. The molecule has 6 nitrogen and oxygen atoms in total. The Bertz CT molecular complexity index is 889. The molecule has 0 unspecified atom stereocenters. The zero-order valence-electron chi connectivity index (χ0n) is 14.2. The Hall–Kier alpha value is -3.28. The van der Waals surface area contributed by atoms with Gasteiger partial charge in [-0.3, -0.25) is 4.79 Å². The second-order valence-electron chi connectivity index (χ2n) is 6.13. The third-order valence-corrected chi connectivity index (χ3v) is 4.28. The van der Waals surface area contributed by atoms with E-state index in [9.17, 15) is 4.79 Å². The molecular formula is C20H19N3O3. The van der Waals surface area contributed by atoms with Crippen LogP contribution < -0.4 is 14.8 Å². The summed E-state index contributed by atoms with van der Waals surface area (Å²) in [4.78, 5) is 16.3. The highest BCUT2D eigenvalue weighted by Crippen LogP contribution is 2.32. The molecular weight excluding hydrogens is 330 g/mol. The van der Waals surface area contributed by atoms with Gasteiger partial charge in [0.25, 0.3) is 5.91 Å². The Morgan fingerprint density at radius 1 is 1.08 bits per heavy atom. The Balaban J connectivity index is 1.29. The molecule has 1 N–H and O–H groups in total. The molecule has 0 radical (unpaired) electrons. The van der Waals surface area contributed by atoms with Gasteiger partial charge in [-0.15, -0.1) is 0 Å². The van der Waals surface area contributed by atoms with Gasteiger partial charge in [0.15, 0.2) is 11.5 Å². The highest BCUT2D eigenvalue weighted by Gasteiger charge is 2.13. The maximum Gasteiger partial charge on any atom is 0.251 e. The Morgan fingerprint density at radius 3 is 2.69 bits per heavy atom. The van der Waals surface area contributed by atoms with Crippen molar-refractivity contribution in [3.63, 3.8) is 0 Å². The van der Waals surface area contributed by atoms with Crippen molar-refractivity contribution in [2.24, 2.45) is 0 Å². The minimum Gasteiger partial charge on any atom is -0.454 e. The molecule has 1 aromatic heterocycles. The summed E-state index contributed by atoms with van der Waals surface area (Å²) in [6.07, 6.45) is 6.18. The number of fused-ring (bicyclic) bond motifs is 1. The molecule has 1 aliphatic heterocycles. The second-order valence-corrected chi connectivity index (χ2v) is 6.13. The predicted molar refractivity (Wildman–Crippen MR) is 96.4 cm³/mol. The second kappa shape index (κ2) is 7.31. The first-order chi connectivity index (χ1) is 12.8. The summed E-state index contributed by atoms with van der Waals surface area (Å²) in [7, 11) is 0. The van der Waals surface area contributed by atoms with Crippen LogP contribution in [0.1, 0.15) is 21.5 Å². The lowest BCUT2D eigenvalue weighted by molar-refractivity contribution is 0.0954. The third kappa shape index (κ3) is 3.69. The van der Waals surface area contributed by atoms with E-state index in [-0.39, 0.29) is 12.7 Å². The van der Waals surface area contributed by atoms with Crippen molar-refractivity contribution in [3.8, 4) is 11.5 Å². The zero-order valence-corrected chi connectivity index (χ0v) is 14.2. The van der Waals surface area contributed by atoms with E-state index in [0.717, 1.165) is 35.6 Å². The number of imidazole rings is 1. The Morgan fingerprint density at radius 2 is 1.88 bits per heavy atom. The molecule has 1 aliphatic rings. The van der Waals surface area contributed by atoms with Gasteiger partial charge in [-0.25, -0.2) is 4.98 Å². The summed E-state index contributed by atoms with van der Waals surface area (Å²) < 4.78 is 12.7. The van der Waals surface area contributed by atoms with Crippen LogP contribution >= 0.6 is 0 Å². The van der Waals surface area contributed by atoms with Gasteiger partial charge >= 0.3 is 0 Å². The lowest BCUT2D eigenvalue weighted by atomic mass is 10.1. The van der Waals surface area contributed by atoms with E-state index in [1.165, 1.54) is 0 Å². The molecule has 4 rings (SSSR count). The standard InChI is InChI=1S/C20H19N3O3/c24-20(17-4-1-16(2-5-17)12-23-10-9-21-13-23)22-8-7-15-3-6-18-19(11-15)26-14-25-18/h1-6,9-11,13H,7-8,12,14H2,(H,22,24). The van der Waals surface area contributed by atoms with Gasteiger partial charge in [-0.05, 0) is 41.8 Å². The summed E-state index contributed by atoms with van der Waals surface area (Å²) in [6.45, 7) is 1.58. The first kappa shape index (κ1) is 16.2. The molecule has 26 heavy (non-hydrogen) atoms. The van der Waals surface area contributed by atoms with Gasteiger partial charge in [0.2, 0.25) is 6.79 Å². The summed E-state index contributed by atoms with van der Waals surface area (Å²) in [5.41, 5.74) is 2.88. The predicted octanol–water partition coefficient (Wildman–Crippen LogP) is 2.63. The van der Waals surface area contributed by atoms with E-state index < -0.39 is 0 Å². The first-order valence-electron chi connectivity index (χ1n) is 8.49. The largest absolute Gasteiger partial charge is 0.454 e. The first-order valence-corrected chi connectivity index (χ1v) is 8.49. The van der Waals surface area contributed by atoms with Gasteiger partial charge in [-0.2, -0.15) is 0 Å². The van der Waals surface area contributed by atoms with Gasteiger partial charge in [-0.1, -0.05) is 18.2 Å². The average molecular weight is 349 g/mol. The van der Waals surface area contributed by atoms with Crippen LogP contribution in [0.3, 0.4) is 0 Å². The maximum atomic E-state index is 12.3. The number of nitrogens with one attached hydrogen (secondary N) is 1. The number of benzene rings is 2. The monoisotopic (exact) mass is 349 g/mol. The smallest absolute Gasteiger partial charge is 0.251 e. The van der Waals surface area contributed by atoms with E-state index >= 15 is 0 Å². The molecule has 2 heterocycles. The van der Waals surface area contributed by atoms with E-state index in [4.69, 9.17) is 9.47 Å². The van der Waals surface area contributed by atoms with Crippen LogP contribution in [0, 0.1) is 0 Å². The van der Waals surface area contributed by atoms with E-state index in [1.54, 1.807) is 12.5 Å². The van der Waals surface area contributed by atoms with Crippen molar-refractivity contribution in [2.45, 2.75) is 13.0 Å². The topological polar surface area (TPSA) is 65.4 Å². The van der Waals surface area contributed by atoms with Crippen LogP contribution in [-0.4, -0.2) is 28.8 Å². The molecule has 0 spiro atoms. The molecule has 0 saturated heterocycles. The van der Waals surface area contributed by atoms with Crippen LogP contribution in [-0.2, 0) is 13.0 Å². The van der Waals surface area contributed by atoms with Gasteiger partial charge < -0.3 is 19.4 Å². The number of amides is 1. The average Bonchev–Trinajstić information content (AvgIpc) is 3.33. The normalized spacial score (nSPS) is 12.2. The number of nitrogens with zero attached hydrogens (tertiary/aromatic N) is 2. The van der Waals surface area contributed by atoms with Crippen LogP contribution in [0.25, 0.3) is 0 Å². The van der Waals surface area contributed by atoms with Crippen molar-refractivity contribution in [2.75, 3.05) is 13.3 Å². The molecule has 1 amide bonds. The highest BCUT2D eigenvalue weighted by molar-refractivity contribution is 5.94. The highest BCUT2D eigenvalue weighted by atomic mass is 16.7.